The highest BCUT2D eigenvalue weighted by molar-refractivity contribution is 5.73. The van der Waals surface area contributed by atoms with Crippen LogP contribution >= 0.6 is 0 Å². The Bertz CT molecular complexity index is 241. The van der Waals surface area contributed by atoms with Crippen molar-refractivity contribution >= 4 is 6.03 Å². The van der Waals surface area contributed by atoms with Gasteiger partial charge in [0.05, 0.1) is 12.8 Å². The lowest BCUT2D eigenvalue weighted by atomic mass is 10.1. The number of ether oxygens (including phenoxy) is 1. The monoisotopic (exact) mass is 227 g/mol. The summed E-state index contributed by atoms with van der Waals surface area (Å²) in [5.74, 6) is 0. The first-order chi connectivity index (χ1) is 7.68. The van der Waals surface area contributed by atoms with Crippen LogP contribution in [0.3, 0.4) is 0 Å². The second-order valence-electron chi connectivity index (χ2n) is 4.15. The molecule has 16 heavy (non-hydrogen) atoms. The van der Waals surface area contributed by atoms with Gasteiger partial charge in [0, 0.05) is 13.1 Å². The Morgan fingerprint density at radius 1 is 1.50 bits per heavy atom. The van der Waals surface area contributed by atoms with Crippen LogP contribution in [0.15, 0.2) is 12.3 Å². The molecule has 0 spiro atoms. The maximum atomic E-state index is 11.4. The molecule has 1 atom stereocenters. The van der Waals surface area contributed by atoms with Gasteiger partial charge in [-0.05, 0) is 33.0 Å². The van der Waals surface area contributed by atoms with E-state index in [1.807, 2.05) is 25.1 Å². The molecule has 0 unspecified atom stereocenters. The number of hydrogen-bond acceptors (Lipinski definition) is 3. The number of likely N-dealkylation sites (N-methyl/N-ethyl adjacent to an activating group) is 1. The normalized spacial score (nSPS) is 19.3. The molecule has 5 heteroatoms. The van der Waals surface area contributed by atoms with Crippen LogP contribution in [0, 0.1) is 0 Å². The second-order valence-corrected chi connectivity index (χ2v) is 4.15. The summed E-state index contributed by atoms with van der Waals surface area (Å²) in [7, 11) is 3.95. The number of rotatable bonds is 5. The Labute approximate surface area is 96.8 Å². The van der Waals surface area contributed by atoms with Crippen molar-refractivity contribution in [2.24, 2.45) is 0 Å². The lowest BCUT2D eigenvalue weighted by molar-refractivity contribution is 0.123. The number of carbonyl (C=O) groups is 1. The minimum atomic E-state index is -0.125. The molecule has 1 aliphatic heterocycles. The standard InChI is InChI=1S/C11H21N3O2/c1-14(2)7-6-12-11(15)13-9-10-5-3-4-8-16-10/h4,8,10H,3,5-7,9H2,1-2H3,(H2,12,13,15)/t10-/m1/s1. The third kappa shape index (κ3) is 5.60. The predicted molar refractivity (Wildman–Crippen MR) is 63.2 cm³/mol. The second kappa shape index (κ2) is 7.11. The molecule has 0 aliphatic carbocycles. The van der Waals surface area contributed by atoms with Crippen molar-refractivity contribution in [3.63, 3.8) is 0 Å². The van der Waals surface area contributed by atoms with Crippen LogP contribution in [-0.2, 0) is 4.74 Å². The van der Waals surface area contributed by atoms with Crippen LogP contribution in [0.1, 0.15) is 12.8 Å². The van der Waals surface area contributed by atoms with Crippen LogP contribution in [0.5, 0.6) is 0 Å². The molecule has 0 radical (unpaired) electrons. The minimum Gasteiger partial charge on any atom is -0.497 e. The van der Waals surface area contributed by atoms with Gasteiger partial charge in [0.25, 0.3) is 0 Å². The number of allylic oxidation sites excluding steroid dienone is 1. The molecule has 1 heterocycles. The summed E-state index contributed by atoms with van der Waals surface area (Å²) < 4.78 is 5.34. The van der Waals surface area contributed by atoms with Gasteiger partial charge in [-0.2, -0.15) is 0 Å². The van der Waals surface area contributed by atoms with Gasteiger partial charge in [-0.15, -0.1) is 0 Å². The van der Waals surface area contributed by atoms with Crippen molar-refractivity contribution in [2.45, 2.75) is 18.9 Å². The van der Waals surface area contributed by atoms with Crippen molar-refractivity contribution in [3.8, 4) is 0 Å². The molecule has 0 bridgehead atoms. The maximum absolute atomic E-state index is 11.4. The van der Waals surface area contributed by atoms with Crippen molar-refractivity contribution in [1.29, 1.82) is 0 Å². The lowest BCUT2D eigenvalue weighted by Gasteiger charge is -2.20. The molecular weight excluding hydrogens is 206 g/mol. The Morgan fingerprint density at radius 2 is 2.31 bits per heavy atom. The van der Waals surface area contributed by atoms with Crippen molar-refractivity contribution in [3.05, 3.63) is 12.3 Å². The Kier molecular flexibility index (Phi) is 5.71. The zero-order valence-electron chi connectivity index (χ0n) is 10.0. The third-order valence-corrected chi connectivity index (χ3v) is 2.36. The number of nitrogens with zero attached hydrogens (tertiary/aromatic N) is 1. The SMILES string of the molecule is CN(C)CCNC(=O)NC[C@H]1CCC=CO1. The molecule has 0 aromatic carbocycles. The summed E-state index contributed by atoms with van der Waals surface area (Å²) in [6.45, 7) is 2.07. The average Bonchev–Trinajstić information content (AvgIpc) is 2.27. The molecule has 0 fully saturated rings. The van der Waals surface area contributed by atoms with Crippen molar-refractivity contribution in [2.75, 3.05) is 33.7 Å². The van der Waals surface area contributed by atoms with Gasteiger partial charge in [0.2, 0.25) is 0 Å². The number of urea groups is 1. The van der Waals surface area contributed by atoms with Crippen molar-refractivity contribution < 1.29 is 9.53 Å². The van der Waals surface area contributed by atoms with Crippen LogP contribution in [-0.4, -0.2) is 50.8 Å². The number of hydrogen-bond donors (Lipinski definition) is 2. The molecule has 1 rings (SSSR count). The zero-order valence-corrected chi connectivity index (χ0v) is 10.0. The Morgan fingerprint density at radius 3 is 2.94 bits per heavy atom. The van der Waals surface area contributed by atoms with E-state index in [4.69, 9.17) is 4.74 Å². The average molecular weight is 227 g/mol. The van der Waals surface area contributed by atoms with E-state index >= 15 is 0 Å². The smallest absolute Gasteiger partial charge is 0.314 e. The summed E-state index contributed by atoms with van der Waals surface area (Å²) in [5.41, 5.74) is 0. The highest BCUT2D eigenvalue weighted by atomic mass is 16.5. The number of amides is 2. The molecule has 2 amide bonds. The van der Waals surface area contributed by atoms with Crippen LogP contribution in [0.2, 0.25) is 0 Å². The van der Waals surface area contributed by atoms with E-state index in [2.05, 4.69) is 10.6 Å². The van der Waals surface area contributed by atoms with Gasteiger partial charge in [-0.25, -0.2) is 4.79 Å². The van der Waals surface area contributed by atoms with E-state index in [1.54, 1.807) is 6.26 Å². The lowest BCUT2D eigenvalue weighted by Crippen LogP contribution is -2.42. The third-order valence-electron chi connectivity index (χ3n) is 2.36. The van der Waals surface area contributed by atoms with E-state index in [0.29, 0.717) is 13.1 Å². The maximum Gasteiger partial charge on any atom is 0.314 e. The van der Waals surface area contributed by atoms with Gasteiger partial charge in [0.1, 0.15) is 6.10 Å². The highest BCUT2D eigenvalue weighted by Crippen LogP contribution is 2.08. The zero-order chi connectivity index (χ0) is 11.8. The van der Waals surface area contributed by atoms with E-state index in [-0.39, 0.29) is 12.1 Å². The first-order valence-corrected chi connectivity index (χ1v) is 5.65. The molecule has 92 valence electrons. The molecule has 5 nitrogen and oxygen atoms in total. The summed E-state index contributed by atoms with van der Waals surface area (Å²) in [6, 6.07) is -0.125. The van der Waals surface area contributed by atoms with E-state index in [1.165, 1.54) is 0 Å². The molecular formula is C11H21N3O2. The largest absolute Gasteiger partial charge is 0.497 e. The van der Waals surface area contributed by atoms with Gasteiger partial charge in [-0.1, -0.05) is 0 Å². The summed E-state index contributed by atoms with van der Waals surface area (Å²) in [4.78, 5) is 13.4. The molecule has 0 aromatic rings. The highest BCUT2D eigenvalue weighted by Gasteiger charge is 2.11. The fourth-order valence-electron chi connectivity index (χ4n) is 1.40. The first kappa shape index (κ1) is 12.8. The molecule has 2 N–H and O–H groups in total. The first-order valence-electron chi connectivity index (χ1n) is 5.65. The summed E-state index contributed by atoms with van der Waals surface area (Å²) in [5, 5.41) is 5.59. The molecule has 1 aliphatic rings. The number of carbonyl (C=O) groups excluding carboxylic acids is 1. The van der Waals surface area contributed by atoms with E-state index in [0.717, 1.165) is 19.4 Å². The van der Waals surface area contributed by atoms with Gasteiger partial charge in [-0.3, -0.25) is 0 Å². The predicted octanol–water partition coefficient (Wildman–Crippen LogP) is 0.540. The van der Waals surface area contributed by atoms with Gasteiger partial charge >= 0.3 is 6.03 Å². The van der Waals surface area contributed by atoms with Gasteiger partial charge < -0.3 is 20.3 Å². The summed E-state index contributed by atoms with van der Waals surface area (Å²) >= 11 is 0. The number of nitrogens with one attached hydrogen (secondary N) is 2. The quantitative estimate of drug-likeness (QED) is 0.721. The molecule has 0 saturated carbocycles. The minimum absolute atomic E-state index is 0.115. The Hall–Kier alpha value is -1.23. The van der Waals surface area contributed by atoms with E-state index in [9.17, 15) is 4.79 Å². The van der Waals surface area contributed by atoms with Crippen molar-refractivity contribution in [1.82, 2.24) is 15.5 Å². The van der Waals surface area contributed by atoms with Crippen LogP contribution in [0.25, 0.3) is 0 Å². The van der Waals surface area contributed by atoms with Crippen LogP contribution < -0.4 is 10.6 Å². The van der Waals surface area contributed by atoms with Crippen LogP contribution in [0.4, 0.5) is 4.79 Å². The Balaban J connectivity index is 2.03. The van der Waals surface area contributed by atoms with E-state index < -0.39 is 0 Å². The molecule has 0 aromatic heterocycles. The fourth-order valence-corrected chi connectivity index (χ4v) is 1.40. The fraction of sp³-hybridized carbons (Fsp3) is 0.727. The summed E-state index contributed by atoms with van der Waals surface area (Å²) in [6.07, 6.45) is 5.81. The topological polar surface area (TPSA) is 53.6 Å². The van der Waals surface area contributed by atoms with Gasteiger partial charge in [0.15, 0.2) is 0 Å². The molecule has 0 saturated heterocycles.